The Balaban J connectivity index is 1.57. The minimum atomic E-state index is -1.21. The molecule has 0 fully saturated rings. The van der Waals surface area contributed by atoms with E-state index in [0.717, 1.165) is 0 Å². The van der Waals surface area contributed by atoms with Gasteiger partial charge in [-0.1, -0.05) is 109 Å². The van der Waals surface area contributed by atoms with Crippen LogP contribution >= 0.6 is 0 Å². The molecule has 3 aromatic rings. The van der Waals surface area contributed by atoms with Crippen molar-refractivity contribution >= 4 is 20.9 Å². The maximum atomic E-state index is 2.49. The molecule has 5 rings (SSSR count). The van der Waals surface area contributed by atoms with Gasteiger partial charge in [-0.3, -0.25) is 0 Å². The molecule has 3 aromatic carbocycles. The predicted octanol–water partition coefficient (Wildman–Crippen LogP) is 5.70. The van der Waals surface area contributed by atoms with Gasteiger partial charge in [0.1, 0.15) is 0 Å². The minimum absolute atomic E-state index is 0.604. The number of fused-ring (bicyclic) bond motifs is 2. The minimum Gasteiger partial charge on any atom is -0.0794 e. The van der Waals surface area contributed by atoms with Gasteiger partial charge in [0.15, 0.2) is 0 Å². The van der Waals surface area contributed by atoms with Crippen LogP contribution in [0.1, 0.15) is 38.9 Å². The van der Waals surface area contributed by atoms with Gasteiger partial charge in [0.25, 0.3) is 0 Å². The lowest BCUT2D eigenvalue weighted by Crippen LogP contribution is -2.31. The van der Waals surface area contributed by atoms with Gasteiger partial charge in [-0.2, -0.15) is 0 Å². The highest BCUT2D eigenvalue weighted by molar-refractivity contribution is 6.63. The van der Waals surface area contributed by atoms with Crippen LogP contribution in [0.5, 0.6) is 0 Å². The van der Waals surface area contributed by atoms with Crippen LogP contribution in [-0.4, -0.2) is 8.80 Å². The van der Waals surface area contributed by atoms with Gasteiger partial charge in [0, 0.05) is 0 Å². The maximum absolute atomic E-state index is 2.49. The first-order valence-corrected chi connectivity index (χ1v) is 11.6. The summed E-state index contributed by atoms with van der Waals surface area (Å²) in [6.45, 7) is 0. The molecule has 2 unspecified atom stereocenters. The summed E-state index contributed by atoms with van der Waals surface area (Å²) in [5.41, 5.74) is 8.60. The zero-order chi connectivity index (χ0) is 17.3. The molecule has 126 valence electrons. The van der Waals surface area contributed by atoms with E-state index in [2.05, 4.69) is 103 Å². The van der Waals surface area contributed by atoms with Crippen molar-refractivity contribution in [2.75, 3.05) is 0 Å². The number of hydrogen-bond donors (Lipinski definition) is 0. The normalized spacial score (nSPS) is 20.8. The Kier molecular flexibility index (Phi) is 3.95. The molecule has 0 nitrogen and oxygen atoms in total. The lowest BCUT2D eigenvalue weighted by Gasteiger charge is -2.28. The summed E-state index contributed by atoms with van der Waals surface area (Å²) in [5.74, 6) is 0. The first-order valence-electron chi connectivity index (χ1n) is 9.48. The Morgan fingerprint density at radius 3 is 1.65 bits per heavy atom. The molecule has 0 bridgehead atoms. The van der Waals surface area contributed by atoms with Crippen LogP contribution in [0.4, 0.5) is 0 Å². The molecule has 1 heteroatoms. The highest BCUT2D eigenvalue weighted by Crippen LogP contribution is 2.41. The molecule has 0 amide bonds. The summed E-state index contributed by atoms with van der Waals surface area (Å²) in [5, 5.41) is 0. The molecule has 0 N–H and O–H groups in total. The standard InChI is InChI=1S/C25H22Si/c1-2-8-19(9-3-1)18-26(24-16-14-20-10-4-6-12-22(20)24)25-17-15-21-11-5-7-13-23(21)25/h1-17,24-26H,18H2. The lowest BCUT2D eigenvalue weighted by molar-refractivity contribution is 1.05. The number of hydrogen-bond acceptors (Lipinski definition) is 0. The van der Waals surface area contributed by atoms with Gasteiger partial charge in [0.05, 0.1) is 8.80 Å². The van der Waals surface area contributed by atoms with Crippen LogP contribution in [0.3, 0.4) is 0 Å². The molecule has 0 saturated heterocycles. The van der Waals surface area contributed by atoms with Crippen LogP contribution in [0, 0.1) is 0 Å². The second-order valence-electron chi connectivity index (χ2n) is 7.38. The van der Waals surface area contributed by atoms with Crippen molar-refractivity contribution in [2.45, 2.75) is 17.1 Å². The first kappa shape index (κ1) is 15.6. The zero-order valence-corrected chi connectivity index (χ0v) is 15.9. The van der Waals surface area contributed by atoms with Crippen molar-refractivity contribution < 1.29 is 0 Å². The predicted molar refractivity (Wildman–Crippen MR) is 114 cm³/mol. The molecule has 0 radical (unpaired) electrons. The number of rotatable bonds is 4. The van der Waals surface area contributed by atoms with Crippen molar-refractivity contribution in [3.05, 3.63) is 119 Å². The fourth-order valence-electron chi connectivity index (χ4n) is 4.66. The van der Waals surface area contributed by atoms with Crippen LogP contribution in [0.25, 0.3) is 12.2 Å². The molecule has 0 aromatic heterocycles. The molecule has 0 aliphatic heterocycles. The first-order chi connectivity index (χ1) is 12.9. The Hall–Kier alpha value is -2.64. The second kappa shape index (κ2) is 6.58. The third kappa shape index (κ3) is 2.69. The van der Waals surface area contributed by atoms with E-state index in [-0.39, 0.29) is 0 Å². The van der Waals surface area contributed by atoms with E-state index < -0.39 is 8.80 Å². The van der Waals surface area contributed by atoms with Gasteiger partial charge >= 0.3 is 0 Å². The molecule has 0 spiro atoms. The highest BCUT2D eigenvalue weighted by Gasteiger charge is 2.35. The lowest BCUT2D eigenvalue weighted by atomic mass is 10.1. The molecule has 2 aliphatic rings. The van der Waals surface area contributed by atoms with E-state index in [1.165, 1.54) is 33.9 Å². The van der Waals surface area contributed by atoms with E-state index in [4.69, 9.17) is 0 Å². The van der Waals surface area contributed by atoms with E-state index in [9.17, 15) is 0 Å². The van der Waals surface area contributed by atoms with Crippen molar-refractivity contribution in [3.8, 4) is 0 Å². The maximum Gasteiger partial charge on any atom is 0.0664 e. The van der Waals surface area contributed by atoms with Gasteiger partial charge in [-0.25, -0.2) is 0 Å². The smallest absolute Gasteiger partial charge is 0.0664 e. The summed E-state index contributed by atoms with van der Waals surface area (Å²) in [7, 11) is -1.21. The van der Waals surface area contributed by atoms with E-state index in [1.54, 1.807) is 0 Å². The fourth-order valence-corrected chi connectivity index (χ4v) is 8.76. The molecular weight excluding hydrogens is 328 g/mol. The topological polar surface area (TPSA) is 0 Å². The average molecular weight is 351 g/mol. The number of benzene rings is 3. The molecule has 2 aliphatic carbocycles. The quantitative estimate of drug-likeness (QED) is 0.530. The summed E-state index contributed by atoms with van der Waals surface area (Å²) in [6, 6.07) is 30.2. The fraction of sp³-hybridized carbons (Fsp3) is 0.120. The van der Waals surface area contributed by atoms with Gasteiger partial charge < -0.3 is 0 Å². The van der Waals surface area contributed by atoms with Crippen molar-refractivity contribution in [1.82, 2.24) is 0 Å². The highest BCUT2D eigenvalue weighted by atomic mass is 28.3. The van der Waals surface area contributed by atoms with Crippen molar-refractivity contribution in [3.63, 3.8) is 0 Å². The summed E-state index contributed by atoms with van der Waals surface area (Å²) in [6.07, 6.45) is 9.66. The second-order valence-corrected chi connectivity index (χ2v) is 10.6. The molecule has 2 atom stereocenters. The Bertz CT molecular complexity index is 922. The molecular formula is C25H22Si. The van der Waals surface area contributed by atoms with Crippen molar-refractivity contribution in [2.24, 2.45) is 0 Å². The van der Waals surface area contributed by atoms with Crippen LogP contribution in [0.2, 0.25) is 0 Å². The molecule has 0 saturated carbocycles. The Morgan fingerprint density at radius 2 is 1.08 bits per heavy atom. The SMILES string of the molecule is C1=CC([SiH](Cc2ccccc2)C2C=Cc3ccccc32)c2ccccc21. The van der Waals surface area contributed by atoms with Crippen LogP contribution in [-0.2, 0) is 6.04 Å². The van der Waals surface area contributed by atoms with Crippen LogP contribution in [0.15, 0.2) is 91.0 Å². The van der Waals surface area contributed by atoms with E-state index in [0.29, 0.717) is 11.1 Å². The molecule has 26 heavy (non-hydrogen) atoms. The van der Waals surface area contributed by atoms with Gasteiger partial charge in [-0.15, -0.1) is 0 Å². The van der Waals surface area contributed by atoms with Gasteiger partial charge in [0.2, 0.25) is 0 Å². The van der Waals surface area contributed by atoms with Crippen molar-refractivity contribution in [1.29, 1.82) is 0 Å². The zero-order valence-electron chi connectivity index (χ0n) is 14.8. The summed E-state index contributed by atoms with van der Waals surface area (Å²) < 4.78 is 0. The Morgan fingerprint density at radius 1 is 0.577 bits per heavy atom. The van der Waals surface area contributed by atoms with Crippen LogP contribution < -0.4 is 0 Å². The Labute approximate surface area is 157 Å². The summed E-state index contributed by atoms with van der Waals surface area (Å²) >= 11 is 0. The molecule has 0 heterocycles. The largest absolute Gasteiger partial charge is 0.0794 e. The monoisotopic (exact) mass is 350 g/mol. The van der Waals surface area contributed by atoms with E-state index >= 15 is 0 Å². The van der Waals surface area contributed by atoms with E-state index in [1.807, 2.05) is 0 Å². The summed E-state index contributed by atoms with van der Waals surface area (Å²) in [4.78, 5) is 0. The third-order valence-corrected chi connectivity index (χ3v) is 9.86. The third-order valence-electron chi connectivity index (χ3n) is 5.91. The number of allylic oxidation sites excluding steroid dienone is 2. The average Bonchev–Trinajstić information content (AvgIpc) is 3.32. The van der Waals surface area contributed by atoms with Gasteiger partial charge in [-0.05, 0) is 39.4 Å².